The van der Waals surface area contributed by atoms with Crippen LogP contribution in [0.3, 0.4) is 0 Å². The first-order valence-electron chi connectivity index (χ1n) is 22.9. The Labute approximate surface area is 426 Å². The van der Waals surface area contributed by atoms with Crippen molar-refractivity contribution in [2.45, 2.75) is 115 Å². The summed E-state index contributed by atoms with van der Waals surface area (Å²) in [7, 11) is 0. The van der Waals surface area contributed by atoms with E-state index in [1.54, 1.807) is 0 Å². The van der Waals surface area contributed by atoms with Crippen molar-refractivity contribution in [1.82, 2.24) is 0 Å². The van der Waals surface area contributed by atoms with Gasteiger partial charge in [-0.1, -0.05) is 43.5 Å². The van der Waals surface area contributed by atoms with Gasteiger partial charge >= 0.3 is 35.8 Å². The van der Waals surface area contributed by atoms with Crippen molar-refractivity contribution in [3.63, 3.8) is 0 Å². The van der Waals surface area contributed by atoms with Crippen LogP contribution < -0.4 is 9.47 Å². The molecule has 0 aromatic heterocycles. The van der Waals surface area contributed by atoms with Crippen molar-refractivity contribution in [3.05, 3.63) is 110 Å². The molecule has 2 fully saturated rings. The first-order valence-corrected chi connectivity index (χ1v) is 22.9. The molecule has 2 N–H and O–H groups in total. The molecule has 1 aromatic rings. The summed E-state index contributed by atoms with van der Waals surface area (Å²) in [5.74, 6) is -10.8. The molecule has 0 spiro atoms. The Bertz CT molecular complexity index is 2320. The quantitative estimate of drug-likeness (QED) is 0.0320. The maximum Gasteiger partial charge on any atom is 0.331 e. The van der Waals surface area contributed by atoms with Crippen LogP contribution in [0, 0.1) is 0 Å². The van der Waals surface area contributed by atoms with E-state index < -0.39 is 128 Å². The molecule has 404 valence electrons. The normalized spacial score (nSPS) is 28.3. The highest BCUT2D eigenvalue weighted by Gasteiger charge is 2.57. The van der Waals surface area contributed by atoms with Crippen LogP contribution in [0.4, 0.5) is 0 Å². The second kappa shape index (κ2) is 28.0. The fraction of sp³-hybridized carbons (Fsp3) is 0.471. The summed E-state index contributed by atoms with van der Waals surface area (Å²) in [4.78, 5) is 90.8. The van der Waals surface area contributed by atoms with Crippen molar-refractivity contribution in [2.24, 2.45) is 0 Å². The molecule has 1 aliphatic carbocycles. The van der Waals surface area contributed by atoms with Crippen molar-refractivity contribution >= 4 is 41.6 Å². The van der Waals surface area contributed by atoms with Gasteiger partial charge in [0, 0.05) is 46.3 Å². The first-order chi connectivity index (χ1) is 35.1. The molecule has 0 radical (unpaired) electrons. The lowest BCUT2D eigenvalue weighted by molar-refractivity contribution is -0.358. The molecule has 74 heavy (non-hydrogen) atoms. The highest BCUT2D eigenvalue weighted by molar-refractivity contribution is 5.97. The lowest BCUT2D eigenvalue weighted by Crippen LogP contribution is -2.66. The van der Waals surface area contributed by atoms with Crippen LogP contribution in [0.5, 0.6) is 11.5 Å². The summed E-state index contributed by atoms with van der Waals surface area (Å²) in [6.07, 6.45) is -5.75. The van der Waals surface area contributed by atoms with Crippen LogP contribution >= 0.6 is 0 Å². The second-order valence-corrected chi connectivity index (χ2v) is 16.4. The van der Waals surface area contributed by atoms with E-state index in [2.05, 4.69) is 26.3 Å². The van der Waals surface area contributed by atoms with Crippen LogP contribution in [0.2, 0.25) is 0 Å². The fourth-order valence-corrected chi connectivity index (χ4v) is 7.46. The highest BCUT2D eigenvalue weighted by atomic mass is 16.8. The number of hydrogen-bond acceptors (Lipinski definition) is 23. The van der Waals surface area contributed by atoms with E-state index in [1.165, 1.54) is 55.5 Å². The van der Waals surface area contributed by atoms with Crippen molar-refractivity contribution in [2.75, 3.05) is 39.6 Å². The zero-order valence-corrected chi connectivity index (χ0v) is 41.7. The molecule has 2 aliphatic heterocycles. The summed E-state index contributed by atoms with van der Waals surface area (Å²) in [6.45, 7) is 19.2. The van der Waals surface area contributed by atoms with Gasteiger partial charge in [0.1, 0.15) is 38.6 Å². The smallest absolute Gasteiger partial charge is 0.331 e. The summed E-state index contributed by atoms with van der Waals surface area (Å²) in [6, 6.07) is 4.30. The zero-order valence-electron chi connectivity index (χ0n) is 41.7. The molecule has 0 bridgehead atoms. The average Bonchev–Trinajstić information content (AvgIpc) is 3.33. The number of esters is 6. The summed E-state index contributed by atoms with van der Waals surface area (Å²) in [5, 5.41) is 22.6. The largest absolute Gasteiger partial charge is 0.486 e. The molecule has 2 heterocycles. The van der Waals surface area contributed by atoms with Crippen molar-refractivity contribution in [1.29, 1.82) is 0 Å². The number of aliphatic hydroxyl groups is 2. The average molecular weight is 1040 g/mol. The SMILES string of the molecule is C=CCOc1ccc(C(=O)CO[C@@H]2O[C@H](COC(C)=O)[C@@H](OC(=O)/C=C/C3=CC(O)(OCC=C)C(O)(OCC=C)C=C3)[C@H](O[C@@H]3O[C@@H](C)[C@H](OC(C)=O)[C@@H](OC(C)=O)[C@H]3OC(C)=O)[C@H]2OC(C)=O)cc1OCC=C. The van der Waals surface area contributed by atoms with Gasteiger partial charge in [-0.05, 0) is 48.9 Å². The van der Waals surface area contributed by atoms with Gasteiger partial charge < -0.3 is 76.5 Å². The molecule has 4 rings (SSSR count). The van der Waals surface area contributed by atoms with Gasteiger partial charge in [-0.3, -0.25) is 28.8 Å². The predicted molar refractivity (Wildman–Crippen MR) is 253 cm³/mol. The van der Waals surface area contributed by atoms with Gasteiger partial charge in [0.05, 0.1) is 19.3 Å². The number of ether oxygens (including phenoxy) is 14. The Morgan fingerprint density at radius 1 is 0.635 bits per heavy atom. The van der Waals surface area contributed by atoms with Gasteiger partial charge in [-0.2, -0.15) is 0 Å². The number of benzene rings is 1. The van der Waals surface area contributed by atoms with Crippen LogP contribution in [0.25, 0.3) is 0 Å². The minimum absolute atomic E-state index is 0.0541. The summed E-state index contributed by atoms with van der Waals surface area (Å²) >= 11 is 0. The zero-order chi connectivity index (χ0) is 54.8. The number of allylic oxidation sites excluding steroid dienone is 3. The van der Waals surface area contributed by atoms with E-state index >= 15 is 0 Å². The fourth-order valence-electron chi connectivity index (χ4n) is 7.46. The molecule has 23 nitrogen and oxygen atoms in total. The standard InChI is InChI=1S/C51H62O23/c1-11-21-61-38-17-16-36(25-39(38)62-22-12-2)37(57)27-64-48-46(70-33(9)55)45(74-49-47(71-34(10)56)44(69-32(8)54)42(29(5)67-49)68-31(7)53)43(40(72-48)28-63-30(6)52)73-41(58)18-15-35-19-20-50(59,65-23-13-3)51(60,26-35)66-24-14-4/h11-20,25-26,29,40,42-49,59-60H,1-4,21-24,27-28H2,5-10H3/b18-15+/t29-,40+,42-,43+,44+,45-,46+,47+,48+,49-,50?,51?/m0/s1. The van der Waals surface area contributed by atoms with E-state index in [1.807, 2.05) is 0 Å². The monoisotopic (exact) mass is 1040 g/mol. The molecule has 1 aromatic carbocycles. The van der Waals surface area contributed by atoms with Gasteiger partial charge in [-0.15, -0.1) is 13.2 Å². The van der Waals surface area contributed by atoms with Gasteiger partial charge in [0.25, 0.3) is 0 Å². The van der Waals surface area contributed by atoms with E-state index in [9.17, 15) is 43.8 Å². The highest BCUT2D eigenvalue weighted by Crippen LogP contribution is 2.37. The lowest BCUT2D eigenvalue weighted by atomic mass is 9.94. The molecule has 23 heteroatoms. The van der Waals surface area contributed by atoms with Crippen molar-refractivity contribution in [3.8, 4) is 11.5 Å². The molecule has 2 saturated heterocycles. The maximum absolute atomic E-state index is 14.0. The van der Waals surface area contributed by atoms with E-state index in [4.69, 9.17) is 66.3 Å². The van der Waals surface area contributed by atoms with Crippen LogP contribution in [0.15, 0.2) is 105 Å². The van der Waals surface area contributed by atoms with E-state index in [0.717, 1.165) is 58.9 Å². The number of hydrogen-bond donors (Lipinski definition) is 2. The third kappa shape index (κ3) is 16.6. The Hall–Kier alpha value is -6.83. The van der Waals surface area contributed by atoms with Crippen LogP contribution in [-0.2, 0) is 85.6 Å². The summed E-state index contributed by atoms with van der Waals surface area (Å²) < 4.78 is 80.7. The minimum atomic E-state index is -2.53. The van der Waals surface area contributed by atoms with E-state index in [0.29, 0.717) is 0 Å². The molecule has 12 atom stereocenters. The molecular weight excluding hydrogens is 981 g/mol. The number of carbonyl (C=O) groups is 7. The Morgan fingerprint density at radius 2 is 1.19 bits per heavy atom. The first kappa shape index (κ1) is 59.7. The molecule has 0 amide bonds. The number of Topliss-reactive ketones (excluding diaryl/α,β-unsaturated/α-hetero) is 1. The Kier molecular flexibility index (Phi) is 22.6. The Morgan fingerprint density at radius 3 is 1.77 bits per heavy atom. The number of carbonyl (C=O) groups excluding carboxylic acids is 7. The third-order valence-electron chi connectivity index (χ3n) is 10.5. The van der Waals surface area contributed by atoms with Gasteiger partial charge in [-0.25, -0.2) is 4.79 Å². The number of rotatable bonds is 27. The van der Waals surface area contributed by atoms with Gasteiger partial charge in [0.15, 0.2) is 60.4 Å². The number of ketones is 1. The maximum atomic E-state index is 14.0. The van der Waals surface area contributed by atoms with Crippen LogP contribution in [0.1, 0.15) is 51.9 Å². The minimum Gasteiger partial charge on any atom is -0.486 e. The molecule has 3 aliphatic rings. The summed E-state index contributed by atoms with van der Waals surface area (Å²) in [5.41, 5.74) is 0.138. The predicted octanol–water partition coefficient (Wildman–Crippen LogP) is 2.91. The third-order valence-corrected chi connectivity index (χ3v) is 10.5. The van der Waals surface area contributed by atoms with Crippen molar-refractivity contribution < 1.29 is 110 Å². The second-order valence-electron chi connectivity index (χ2n) is 16.4. The van der Waals surface area contributed by atoms with Crippen LogP contribution in [-0.4, -0.2) is 164 Å². The van der Waals surface area contributed by atoms with Gasteiger partial charge in [0.2, 0.25) is 11.6 Å². The molecule has 2 unspecified atom stereocenters. The topological polar surface area (TPSA) is 289 Å². The lowest BCUT2D eigenvalue weighted by Gasteiger charge is -2.48. The molecule has 0 saturated carbocycles. The van der Waals surface area contributed by atoms with E-state index in [-0.39, 0.29) is 49.1 Å². The molecular formula is C51H62O23. The Balaban J connectivity index is 1.84.